The molecule has 0 aromatic heterocycles. The molecule has 0 aliphatic carbocycles. The van der Waals surface area contributed by atoms with Crippen molar-refractivity contribution >= 4 is 5.78 Å². The fourth-order valence-electron chi connectivity index (χ4n) is 2.28. The van der Waals surface area contributed by atoms with Gasteiger partial charge in [-0.15, -0.1) is 0 Å². The fourth-order valence-corrected chi connectivity index (χ4v) is 2.28. The van der Waals surface area contributed by atoms with Crippen LogP contribution in [0, 0.1) is 11.6 Å². The minimum atomic E-state index is -0.796. The average molecular weight is 269 g/mol. The highest BCUT2D eigenvalue weighted by Crippen LogP contribution is 2.17. The molecule has 0 spiro atoms. The van der Waals surface area contributed by atoms with E-state index in [1.54, 1.807) is 6.92 Å². The number of nitrogens with zero attached hydrogens (tertiary/aromatic N) is 1. The van der Waals surface area contributed by atoms with Crippen molar-refractivity contribution in [1.82, 2.24) is 4.90 Å². The second-order valence-electron chi connectivity index (χ2n) is 4.80. The molecule has 0 fully saturated rings. The van der Waals surface area contributed by atoms with Crippen molar-refractivity contribution in [3.8, 4) is 0 Å². The lowest BCUT2D eigenvalue weighted by Crippen LogP contribution is -2.42. The molecule has 0 aliphatic rings. The maximum atomic E-state index is 13.6. The van der Waals surface area contributed by atoms with Crippen molar-refractivity contribution in [3.63, 3.8) is 0 Å². The van der Waals surface area contributed by atoms with E-state index in [4.69, 9.17) is 0 Å². The summed E-state index contributed by atoms with van der Waals surface area (Å²) in [6, 6.07) is 2.92. The molecule has 0 N–H and O–H groups in total. The molecule has 1 atom stereocenters. The lowest BCUT2D eigenvalue weighted by atomic mass is 10.0. The molecule has 0 saturated heterocycles. The van der Waals surface area contributed by atoms with Crippen LogP contribution in [0.4, 0.5) is 8.78 Å². The van der Waals surface area contributed by atoms with Crippen molar-refractivity contribution in [2.45, 2.75) is 45.7 Å². The van der Waals surface area contributed by atoms with Gasteiger partial charge in [-0.25, -0.2) is 8.78 Å². The first-order valence-corrected chi connectivity index (χ1v) is 6.63. The van der Waals surface area contributed by atoms with Crippen molar-refractivity contribution in [2.24, 2.45) is 0 Å². The number of carbonyl (C=O) groups is 1. The van der Waals surface area contributed by atoms with Crippen LogP contribution in [0.3, 0.4) is 0 Å². The summed E-state index contributed by atoms with van der Waals surface area (Å²) >= 11 is 0. The van der Waals surface area contributed by atoms with Crippen LogP contribution in [-0.2, 0) is 0 Å². The van der Waals surface area contributed by atoms with E-state index in [-0.39, 0.29) is 17.4 Å². The summed E-state index contributed by atoms with van der Waals surface area (Å²) in [6.07, 6.45) is 1.85. The number of rotatable bonds is 6. The summed E-state index contributed by atoms with van der Waals surface area (Å²) in [5.41, 5.74) is -0.0493. The van der Waals surface area contributed by atoms with Gasteiger partial charge in [0.15, 0.2) is 5.78 Å². The molecular weight excluding hydrogens is 248 g/mol. The van der Waals surface area contributed by atoms with Gasteiger partial charge in [-0.3, -0.25) is 9.69 Å². The van der Waals surface area contributed by atoms with E-state index in [1.165, 1.54) is 6.07 Å². The van der Waals surface area contributed by atoms with Gasteiger partial charge in [-0.05, 0) is 38.9 Å². The lowest BCUT2D eigenvalue weighted by molar-refractivity contribution is 0.0804. The third-order valence-corrected chi connectivity index (χ3v) is 3.71. The number of Topliss-reactive ketones (excluding diaryl/α,β-unsaturated/α-hetero) is 1. The monoisotopic (exact) mass is 269 g/mol. The maximum Gasteiger partial charge on any atom is 0.182 e. The van der Waals surface area contributed by atoms with Crippen LogP contribution < -0.4 is 0 Å². The zero-order chi connectivity index (χ0) is 14.6. The molecule has 1 aromatic rings. The van der Waals surface area contributed by atoms with Crippen molar-refractivity contribution in [1.29, 1.82) is 0 Å². The first kappa shape index (κ1) is 15.8. The molecule has 106 valence electrons. The Labute approximate surface area is 113 Å². The average Bonchev–Trinajstić information content (AvgIpc) is 2.38. The van der Waals surface area contributed by atoms with E-state index in [0.717, 1.165) is 25.0 Å². The topological polar surface area (TPSA) is 20.3 Å². The highest BCUT2D eigenvalue weighted by atomic mass is 19.1. The molecule has 19 heavy (non-hydrogen) atoms. The van der Waals surface area contributed by atoms with E-state index in [0.29, 0.717) is 0 Å². The van der Waals surface area contributed by atoms with Gasteiger partial charge in [-0.1, -0.05) is 13.8 Å². The molecule has 0 aliphatic heterocycles. The Morgan fingerprint density at radius 2 is 1.84 bits per heavy atom. The Kier molecular flexibility index (Phi) is 5.60. The third kappa shape index (κ3) is 3.60. The molecule has 0 heterocycles. The van der Waals surface area contributed by atoms with Crippen LogP contribution in [-0.4, -0.2) is 29.8 Å². The first-order chi connectivity index (χ1) is 8.92. The van der Waals surface area contributed by atoms with Crippen LogP contribution in [0.25, 0.3) is 0 Å². The first-order valence-electron chi connectivity index (χ1n) is 6.63. The zero-order valence-corrected chi connectivity index (χ0v) is 11.9. The van der Waals surface area contributed by atoms with Gasteiger partial charge in [-0.2, -0.15) is 0 Å². The Hall–Kier alpha value is -1.29. The summed E-state index contributed by atoms with van der Waals surface area (Å²) in [7, 11) is 1.86. The number of hydrogen-bond acceptors (Lipinski definition) is 2. The molecule has 4 heteroatoms. The largest absolute Gasteiger partial charge is 0.294 e. The standard InChI is InChI=1S/C15H21F2NO/c1-5-12(6-2)18(4)10(3)15(19)13-8-7-11(16)9-14(13)17/h7-10,12H,5-6H2,1-4H3. The minimum Gasteiger partial charge on any atom is -0.294 e. The molecule has 2 nitrogen and oxygen atoms in total. The van der Waals surface area contributed by atoms with Crippen LogP contribution in [0.5, 0.6) is 0 Å². The molecular formula is C15H21F2NO. The van der Waals surface area contributed by atoms with Crippen LogP contribution in [0.15, 0.2) is 18.2 Å². The summed E-state index contributed by atoms with van der Waals surface area (Å²) < 4.78 is 26.5. The van der Waals surface area contributed by atoms with Crippen molar-refractivity contribution < 1.29 is 13.6 Å². The number of ketones is 1. The second kappa shape index (κ2) is 6.75. The predicted octanol–water partition coefficient (Wildman–Crippen LogP) is 3.66. The SMILES string of the molecule is CCC(CC)N(C)C(C)C(=O)c1ccc(F)cc1F. The Morgan fingerprint density at radius 3 is 2.32 bits per heavy atom. The van der Waals surface area contributed by atoms with Crippen LogP contribution >= 0.6 is 0 Å². The smallest absolute Gasteiger partial charge is 0.182 e. The van der Waals surface area contributed by atoms with Gasteiger partial charge in [0.2, 0.25) is 0 Å². The number of halogens is 2. The summed E-state index contributed by atoms with van der Waals surface area (Å²) in [5.74, 6) is -1.78. The van der Waals surface area contributed by atoms with Gasteiger partial charge >= 0.3 is 0 Å². The molecule has 0 saturated carbocycles. The molecule has 0 bridgehead atoms. The number of hydrogen-bond donors (Lipinski definition) is 0. The summed E-state index contributed by atoms with van der Waals surface area (Å²) in [5, 5.41) is 0. The Bertz CT molecular complexity index is 444. The summed E-state index contributed by atoms with van der Waals surface area (Å²) in [6.45, 7) is 5.87. The number of likely N-dealkylation sites (N-methyl/N-ethyl adjacent to an activating group) is 1. The van der Waals surface area contributed by atoms with E-state index in [1.807, 2.05) is 11.9 Å². The minimum absolute atomic E-state index is 0.0493. The highest BCUT2D eigenvalue weighted by Gasteiger charge is 2.25. The maximum absolute atomic E-state index is 13.6. The van der Waals surface area contributed by atoms with E-state index < -0.39 is 17.7 Å². The van der Waals surface area contributed by atoms with Gasteiger partial charge < -0.3 is 0 Å². The van der Waals surface area contributed by atoms with Gasteiger partial charge in [0.05, 0.1) is 11.6 Å². The van der Waals surface area contributed by atoms with Crippen LogP contribution in [0.1, 0.15) is 44.0 Å². The Morgan fingerprint density at radius 1 is 1.26 bits per heavy atom. The Balaban J connectivity index is 2.93. The van der Waals surface area contributed by atoms with E-state index >= 15 is 0 Å². The van der Waals surface area contributed by atoms with Gasteiger partial charge in [0.1, 0.15) is 11.6 Å². The summed E-state index contributed by atoms with van der Waals surface area (Å²) in [4.78, 5) is 14.2. The quantitative estimate of drug-likeness (QED) is 0.735. The second-order valence-corrected chi connectivity index (χ2v) is 4.80. The fraction of sp³-hybridized carbons (Fsp3) is 0.533. The molecule has 1 rings (SSSR count). The third-order valence-electron chi connectivity index (χ3n) is 3.71. The lowest BCUT2D eigenvalue weighted by Gasteiger charge is -2.31. The van der Waals surface area contributed by atoms with Crippen LogP contribution in [0.2, 0.25) is 0 Å². The molecule has 1 unspecified atom stereocenters. The zero-order valence-electron chi connectivity index (χ0n) is 11.9. The van der Waals surface area contributed by atoms with Gasteiger partial charge in [0.25, 0.3) is 0 Å². The van der Waals surface area contributed by atoms with E-state index in [9.17, 15) is 13.6 Å². The normalized spacial score (nSPS) is 13.1. The van der Waals surface area contributed by atoms with Crippen molar-refractivity contribution in [3.05, 3.63) is 35.4 Å². The molecule has 0 amide bonds. The van der Waals surface area contributed by atoms with Gasteiger partial charge in [0, 0.05) is 12.1 Å². The number of benzene rings is 1. The van der Waals surface area contributed by atoms with E-state index in [2.05, 4.69) is 13.8 Å². The predicted molar refractivity (Wildman–Crippen MR) is 72.3 cm³/mol. The molecule has 1 aromatic carbocycles. The number of carbonyl (C=O) groups excluding carboxylic acids is 1. The highest BCUT2D eigenvalue weighted by molar-refractivity contribution is 6.00. The molecule has 0 radical (unpaired) electrons. The van der Waals surface area contributed by atoms with Crippen molar-refractivity contribution in [2.75, 3.05) is 7.05 Å².